The molecule has 1 aromatic heterocycles. The van der Waals surface area contributed by atoms with E-state index in [4.69, 9.17) is 4.74 Å². The molecule has 3 aromatic rings. The van der Waals surface area contributed by atoms with Crippen molar-refractivity contribution in [2.75, 3.05) is 11.9 Å². The van der Waals surface area contributed by atoms with E-state index < -0.39 is 5.41 Å². The Kier molecular flexibility index (Phi) is 5.44. The average Bonchev–Trinajstić information content (AvgIpc) is 3.06. The van der Waals surface area contributed by atoms with Gasteiger partial charge in [-0.1, -0.05) is 32.9 Å². The maximum absolute atomic E-state index is 13.7. The highest BCUT2D eigenvalue weighted by Gasteiger charge is 2.21. The van der Waals surface area contributed by atoms with Crippen molar-refractivity contribution in [3.8, 4) is 23.1 Å². The first-order valence-electron chi connectivity index (χ1n) is 9.05. The molecule has 3 rings (SSSR count). The van der Waals surface area contributed by atoms with Gasteiger partial charge in [-0.3, -0.25) is 4.79 Å². The van der Waals surface area contributed by atoms with E-state index in [0.29, 0.717) is 29.4 Å². The van der Waals surface area contributed by atoms with Crippen molar-refractivity contribution in [3.05, 3.63) is 54.3 Å². The van der Waals surface area contributed by atoms with Crippen LogP contribution in [-0.2, 0) is 4.79 Å². The minimum absolute atomic E-state index is 0.0694. The summed E-state index contributed by atoms with van der Waals surface area (Å²) in [5.74, 6) is 0.0414. The Morgan fingerprint density at radius 1 is 1.18 bits per heavy atom. The second-order valence-corrected chi connectivity index (χ2v) is 7.32. The molecule has 0 spiro atoms. The Balaban J connectivity index is 1.95. The predicted molar refractivity (Wildman–Crippen MR) is 106 cm³/mol. The molecule has 0 aliphatic carbocycles. The fourth-order valence-corrected chi connectivity index (χ4v) is 2.48. The zero-order valence-electron chi connectivity index (χ0n) is 16.4. The summed E-state index contributed by atoms with van der Waals surface area (Å²) in [6.07, 6.45) is 0. The third-order valence-electron chi connectivity index (χ3n) is 3.99. The van der Waals surface area contributed by atoms with Gasteiger partial charge in [0.2, 0.25) is 5.91 Å². The van der Waals surface area contributed by atoms with Gasteiger partial charge < -0.3 is 10.1 Å². The molecule has 0 unspecified atom stereocenters. The van der Waals surface area contributed by atoms with Crippen LogP contribution in [0.3, 0.4) is 0 Å². The van der Waals surface area contributed by atoms with E-state index in [9.17, 15) is 9.18 Å². The Morgan fingerprint density at radius 2 is 1.89 bits per heavy atom. The van der Waals surface area contributed by atoms with Gasteiger partial charge in [-0.2, -0.15) is 4.98 Å². The van der Waals surface area contributed by atoms with Gasteiger partial charge in [0.25, 0.3) is 0 Å². The maximum atomic E-state index is 13.7. The lowest BCUT2D eigenvalue weighted by Crippen LogP contribution is -2.27. The normalized spacial score (nSPS) is 11.3. The van der Waals surface area contributed by atoms with E-state index in [2.05, 4.69) is 15.4 Å². The Morgan fingerprint density at radius 3 is 2.50 bits per heavy atom. The molecule has 1 amide bonds. The minimum atomic E-state index is -0.485. The molecule has 1 heterocycles. The van der Waals surface area contributed by atoms with Gasteiger partial charge in [0.05, 0.1) is 12.3 Å². The number of carbonyl (C=O) groups excluding carboxylic acids is 1. The van der Waals surface area contributed by atoms with E-state index in [1.165, 1.54) is 12.1 Å². The van der Waals surface area contributed by atoms with E-state index in [1.54, 1.807) is 28.9 Å². The van der Waals surface area contributed by atoms with E-state index >= 15 is 0 Å². The van der Waals surface area contributed by atoms with Gasteiger partial charge >= 0.3 is 6.01 Å². The third-order valence-corrected chi connectivity index (χ3v) is 3.99. The molecule has 146 valence electrons. The number of aromatic nitrogens is 3. The number of benzene rings is 2. The number of halogens is 1. The van der Waals surface area contributed by atoms with Crippen molar-refractivity contribution in [3.63, 3.8) is 0 Å². The number of anilines is 1. The summed E-state index contributed by atoms with van der Waals surface area (Å²) in [4.78, 5) is 16.5. The number of rotatable bonds is 5. The molecule has 0 radical (unpaired) electrons. The van der Waals surface area contributed by atoms with Crippen LogP contribution in [0.1, 0.15) is 27.7 Å². The van der Waals surface area contributed by atoms with Crippen LogP contribution < -0.4 is 10.1 Å². The SMILES string of the molecule is CCOc1nc(-c2cccc(F)c2)n(-c2ccc(NC(=O)C(C)(C)C)cc2)n1. The summed E-state index contributed by atoms with van der Waals surface area (Å²) < 4.78 is 20.7. The highest BCUT2D eigenvalue weighted by atomic mass is 19.1. The monoisotopic (exact) mass is 382 g/mol. The van der Waals surface area contributed by atoms with Crippen molar-refractivity contribution < 1.29 is 13.9 Å². The van der Waals surface area contributed by atoms with Crippen molar-refractivity contribution in [1.82, 2.24) is 14.8 Å². The van der Waals surface area contributed by atoms with Crippen molar-refractivity contribution in [2.45, 2.75) is 27.7 Å². The van der Waals surface area contributed by atoms with Gasteiger partial charge in [0, 0.05) is 16.7 Å². The van der Waals surface area contributed by atoms with Crippen LogP contribution in [0.5, 0.6) is 6.01 Å². The standard InChI is InChI=1S/C21H23FN4O2/c1-5-28-20-24-18(14-7-6-8-15(22)13-14)26(25-20)17-11-9-16(10-12-17)23-19(27)21(2,3)4/h6-13H,5H2,1-4H3,(H,23,27). The summed E-state index contributed by atoms with van der Waals surface area (Å²) in [6.45, 7) is 7.82. The fraction of sp³-hybridized carbons (Fsp3) is 0.286. The van der Waals surface area contributed by atoms with Crippen LogP contribution in [0.4, 0.5) is 10.1 Å². The first kappa shape index (κ1) is 19.5. The Bertz CT molecular complexity index is 975. The number of ether oxygens (including phenoxy) is 1. The number of carbonyl (C=O) groups is 1. The molecular weight excluding hydrogens is 359 g/mol. The predicted octanol–water partition coefficient (Wildman–Crippen LogP) is 4.46. The first-order chi connectivity index (χ1) is 13.3. The molecule has 7 heteroatoms. The summed E-state index contributed by atoms with van der Waals surface area (Å²) in [5, 5.41) is 7.26. The molecule has 1 N–H and O–H groups in total. The lowest BCUT2D eigenvalue weighted by atomic mass is 9.95. The molecule has 0 aliphatic heterocycles. The lowest BCUT2D eigenvalue weighted by Gasteiger charge is -2.17. The number of nitrogens with zero attached hydrogens (tertiary/aromatic N) is 3. The molecule has 0 fully saturated rings. The fourth-order valence-electron chi connectivity index (χ4n) is 2.48. The maximum Gasteiger partial charge on any atom is 0.336 e. The summed E-state index contributed by atoms with van der Waals surface area (Å²) >= 11 is 0. The summed E-state index contributed by atoms with van der Waals surface area (Å²) in [6, 6.07) is 13.6. The van der Waals surface area contributed by atoms with Crippen LogP contribution in [0.25, 0.3) is 17.1 Å². The molecule has 28 heavy (non-hydrogen) atoms. The molecule has 0 aliphatic rings. The molecule has 0 bridgehead atoms. The molecule has 0 saturated carbocycles. The van der Waals surface area contributed by atoms with Crippen molar-refractivity contribution >= 4 is 11.6 Å². The van der Waals surface area contributed by atoms with Crippen LogP contribution in [0.15, 0.2) is 48.5 Å². The smallest absolute Gasteiger partial charge is 0.336 e. The largest absolute Gasteiger partial charge is 0.463 e. The van der Waals surface area contributed by atoms with Crippen molar-refractivity contribution in [1.29, 1.82) is 0 Å². The second-order valence-electron chi connectivity index (χ2n) is 7.32. The van der Waals surface area contributed by atoms with Crippen LogP contribution in [0, 0.1) is 11.2 Å². The van der Waals surface area contributed by atoms with E-state index in [0.717, 1.165) is 0 Å². The first-order valence-corrected chi connectivity index (χ1v) is 9.05. The number of nitrogens with one attached hydrogen (secondary N) is 1. The van der Waals surface area contributed by atoms with Gasteiger partial charge in [-0.05, 0) is 43.3 Å². The minimum Gasteiger partial charge on any atom is -0.463 e. The molecular formula is C21H23FN4O2. The number of hydrogen-bond donors (Lipinski definition) is 1. The van der Waals surface area contributed by atoms with Crippen LogP contribution in [-0.4, -0.2) is 27.3 Å². The molecule has 0 atom stereocenters. The van der Waals surface area contributed by atoms with Gasteiger partial charge in [0.15, 0.2) is 5.82 Å². The molecule has 0 saturated heterocycles. The molecule has 6 nitrogen and oxygen atoms in total. The summed E-state index contributed by atoms with van der Waals surface area (Å²) in [5.41, 5.74) is 1.50. The number of amides is 1. The zero-order chi connectivity index (χ0) is 20.3. The average molecular weight is 382 g/mol. The second kappa shape index (κ2) is 7.80. The van der Waals surface area contributed by atoms with Crippen molar-refractivity contribution in [2.24, 2.45) is 5.41 Å². The Hall–Kier alpha value is -3.22. The van der Waals surface area contributed by atoms with E-state index in [-0.39, 0.29) is 17.7 Å². The van der Waals surface area contributed by atoms with Crippen LogP contribution in [0.2, 0.25) is 0 Å². The van der Waals surface area contributed by atoms with Crippen LogP contribution >= 0.6 is 0 Å². The number of hydrogen-bond acceptors (Lipinski definition) is 4. The van der Waals surface area contributed by atoms with E-state index in [1.807, 2.05) is 39.8 Å². The van der Waals surface area contributed by atoms with Gasteiger partial charge in [-0.15, -0.1) is 5.10 Å². The molecule has 2 aromatic carbocycles. The quantitative estimate of drug-likeness (QED) is 0.707. The third kappa shape index (κ3) is 4.36. The summed E-state index contributed by atoms with van der Waals surface area (Å²) in [7, 11) is 0. The topological polar surface area (TPSA) is 69.0 Å². The van der Waals surface area contributed by atoms with Gasteiger partial charge in [0.1, 0.15) is 5.82 Å². The van der Waals surface area contributed by atoms with Gasteiger partial charge in [-0.25, -0.2) is 9.07 Å². The highest BCUT2D eigenvalue weighted by Crippen LogP contribution is 2.25. The lowest BCUT2D eigenvalue weighted by molar-refractivity contribution is -0.123. The highest BCUT2D eigenvalue weighted by molar-refractivity contribution is 5.94. The Labute approximate surface area is 163 Å². The zero-order valence-corrected chi connectivity index (χ0v) is 16.4.